The summed E-state index contributed by atoms with van der Waals surface area (Å²) in [6.07, 6.45) is 0. The Balaban J connectivity index is -0.00000156. The number of aromatic carboxylic acids is 4. The van der Waals surface area contributed by atoms with E-state index in [1.807, 2.05) is 0 Å². The van der Waals surface area contributed by atoms with Crippen molar-refractivity contribution in [1.29, 1.82) is 0 Å². The van der Waals surface area contributed by atoms with E-state index < -0.39 is 46.1 Å². The van der Waals surface area contributed by atoms with Gasteiger partial charge >= 0.3 is 206 Å². The quantitative estimate of drug-likeness (QED) is 0.380. The third kappa shape index (κ3) is 10.2. The molecule has 0 heterocycles. The summed E-state index contributed by atoms with van der Waals surface area (Å²) >= 11 is 0. The van der Waals surface area contributed by atoms with E-state index in [1.54, 1.807) is 0 Å². The van der Waals surface area contributed by atoms with Gasteiger partial charge in [-0.05, 0) is 69.8 Å². The fourth-order valence-electron chi connectivity index (χ4n) is 2.06. The maximum Gasteiger partial charge on any atom is 1.00 e. The Bertz CT molecular complexity index is 760. The fourth-order valence-corrected chi connectivity index (χ4v) is 2.06. The molecule has 12 heteroatoms. The molecule has 2 aromatic carbocycles. The molecule has 0 aliphatic rings. The van der Waals surface area contributed by atoms with Crippen LogP contribution in [0.5, 0.6) is 0 Å². The number of carboxylic acids is 4. The van der Waals surface area contributed by atoms with Gasteiger partial charge in [-0.1, -0.05) is 0 Å². The van der Waals surface area contributed by atoms with Crippen LogP contribution < -0.4 is 226 Å². The van der Waals surface area contributed by atoms with Crippen molar-refractivity contribution < 1.29 is 245 Å². The van der Waals surface area contributed by atoms with Crippen molar-refractivity contribution in [3.05, 3.63) is 58.7 Å². The number of carboxylic acid groups (broad SMARTS) is 4. The number of carbonyl (C=O) groups excluding carboxylic acids is 4. The van der Waals surface area contributed by atoms with Crippen molar-refractivity contribution in [3.63, 3.8) is 0 Å². The molecule has 0 aliphatic heterocycles. The van der Waals surface area contributed by atoms with E-state index in [2.05, 4.69) is 0 Å². The van der Waals surface area contributed by atoms with Crippen LogP contribution in [0.2, 0.25) is 0 Å². The van der Waals surface area contributed by atoms with E-state index in [9.17, 15) is 39.6 Å². The first-order valence-corrected chi connectivity index (χ1v) is 6.35. The first-order chi connectivity index (χ1) is 11.2. The standard InChI is InChI=1S/C16H10O8.4K/c17-13(18)9-1-7(2-10(5-9)14(19)20)8-3-11(15(21)22)6-12(4-8)16(23)24;;;;/h1-6H,(H,17,18)(H,19,20)(H,21,22)(H,23,24);;;;/q;4*+1/p-4. The summed E-state index contributed by atoms with van der Waals surface area (Å²) in [5.41, 5.74) is -2.11. The first kappa shape index (κ1) is 35.5. The van der Waals surface area contributed by atoms with Crippen LogP contribution in [0.1, 0.15) is 41.4 Å². The molecule has 8 nitrogen and oxygen atoms in total. The van der Waals surface area contributed by atoms with Crippen molar-refractivity contribution in [2.45, 2.75) is 0 Å². The maximum atomic E-state index is 11.0. The Morgan fingerprint density at radius 3 is 0.750 bits per heavy atom. The number of rotatable bonds is 5. The fraction of sp³-hybridized carbons (Fsp3) is 0. The van der Waals surface area contributed by atoms with E-state index in [0.717, 1.165) is 36.4 Å². The molecule has 0 aliphatic carbocycles. The topological polar surface area (TPSA) is 161 Å². The van der Waals surface area contributed by atoms with Gasteiger partial charge in [0.05, 0.1) is 23.9 Å². The molecule has 122 valence electrons. The second-order valence-corrected chi connectivity index (χ2v) is 4.75. The van der Waals surface area contributed by atoms with Crippen LogP contribution in [0.25, 0.3) is 11.1 Å². The van der Waals surface area contributed by atoms with Gasteiger partial charge in [-0.25, -0.2) is 0 Å². The summed E-state index contributed by atoms with van der Waals surface area (Å²) in [6, 6.07) is 5.64. The maximum absolute atomic E-state index is 11.0. The van der Waals surface area contributed by atoms with Gasteiger partial charge in [0.2, 0.25) is 0 Å². The number of benzene rings is 2. The van der Waals surface area contributed by atoms with E-state index in [4.69, 9.17) is 0 Å². The molecule has 0 N–H and O–H groups in total. The van der Waals surface area contributed by atoms with Crippen LogP contribution >= 0.6 is 0 Å². The zero-order valence-electron chi connectivity index (χ0n) is 15.7. The molecule has 0 atom stereocenters. The Labute approximate surface area is 329 Å². The molecular formula is C16H6K4O8. The Hall–Kier alpha value is 2.87. The van der Waals surface area contributed by atoms with Crippen LogP contribution in [0, 0.1) is 0 Å². The van der Waals surface area contributed by atoms with E-state index in [1.165, 1.54) is 0 Å². The predicted octanol–water partition coefficient (Wildman–Crippen LogP) is -15.2. The summed E-state index contributed by atoms with van der Waals surface area (Å²) in [4.78, 5) is 43.9. The Kier molecular flexibility index (Phi) is 20.9. The van der Waals surface area contributed by atoms with Crippen molar-refractivity contribution in [2.75, 3.05) is 0 Å². The molecule has 0 radical (unpaired) electrons. The minimum absolute atomic E-state index is 0. The molecule has 0 saturated heterocycles. The molecule has 0 unspecified atom stereocenters. The Morgan fingerprint density at radius 2 is 0.607 bits per heavy atom. The molecule has 0 amide bonds. The summed E-state index contributed by atoms with van der Waals surface area (Å²) in [7, 11) is 0. The molecule has 0 aromatic heterocycles. The van der Waals surface area contributed by atoms with Gasteiger partial charge in [-0.2, -0.15) is 0 Å². The predicted molar refractivity (Wildman–Crippen MR) is 69.2 cm³/mol. The average molecular weight is 483 g/mol. The van der Waals surface area contributed by atoms with Gasteiger partial charge in [0.1, 0.15) is 0 Å². The number of hydrogen-bond donors (Lipinski definition) is 0. The minimum Gasteiger partial charge on any atom is -0.545 e. The third-order valence-electron chi connectivity index (χ3n) is 3.14. The largest absolute Gasteiger partial charge is 1.00 e. The SMILES string of the molecule is O=C([O-])c1cc(C(=O)[O-])cc(-c2cc(C(=O)[O-])cc(C(=O)[O-])c2)c1.[K+].[K+].[K+].[K+]. The van der Waals surface area contributed by atoms with Gasteiger partial charge in [0.25, 0.3) is 0 Å². The zero-order valence-corrected chi connectivity index (χ0v) is 28.2. The molecule has 0 fully saturated rings. The van der Waals surface area contributed by atoms with Gasteiger partial charge in [-0.3, -0.25) is 0 Å². The average Bonchev–Trinajstić information content (AvgIpc) is 2.53. The van der Waals surface area contributed by atoms with Crippen LogP contribution in [0.4, 0.5) is 0 Å². The van der Waals surface area contributed by atoms with Gasteiger partial charge in [0, 0.05) is 0 Å². The van der Waals surface area contributed by atoms with Crippen molar-refractivity contribution in [1.82, 2.24) is 0 Å². The molecule has 0 saturated carbocycles. The van der Waals surface area contributed by atoms with E-state index in [0.29, 0.717) is 0 Å². The first-order valence-electron chi connectivity index (χ1n) is 6.35. The smallest absolute Gasteiger partial charge is 0.545 e. The monoisotopic (exact) mass is 482 g/mol. The number of hydrogen-bond acceptors (Lipinski definition) is 8. The van der Waals surface area contributed by atoms with Crippen molar-refractivity contribution in [3.8, 4) is 11.1 Å². The summed E-state index contributed by atoms with van der Waals surface area (Å²) in [5.74, 6) is -6.68. The van der Waals surface area contributed by atoms with Crippen molar-refractivity contribution in [2.24, 2.45) is 0 Å². The van der Waals surface area contributed by atoms with Gasteiger partial charge < -0.3 is 39.6 Å². The van der Waals surface area contributed by atoms with E-state index in [-0.39, 0.29) is 217 Å². The van der Waals surface area contributed by atoms with E-state index >= 15 is 0 Å². The molecule has 28 heavy (non-hydrogen) atoms. The molecule has 0 bridgehead atoms. The molecule has 2 aromatic rings. The minimum atomic E-state index is -1.67. The molecule has 2 rings (SSSR count). The zero-order chi connectivity index (χ0) is 18.0. The van der Waals surface area contributed by atoms with Gasteiger partial charge in [-0.15, -0.1) is 0 Å². The van der Waals surface area contributed by atoms with Crippen molar-refractivity contribution >= 4 is 23.9 Å². The summed E-state index contributed by atoms with van der Waals surface area (Å²) < 4.78 is 0. The van der Waals surface area contributed by atoms with Crippen LogP contribution in [0.3, 0.4) is 0 Å². The third-order valence-corrected chi connectivity index (χ3v) is 3.14. The van der Waals surface area contributed by atoms with Crippen LogP contribution in [-0.2, 0) is 0 Å². The van der Waals surface area contributed by atoms with Gasteiger partial charge in [0.15, 0.2) is 0 Å². The molecule has 0 spiro atoms. The summed E-state index contributed by atoms with van der Waals surface area (Å²) in [6.45, 7) is 0. The second kappa shape index (κ2) is 16.5. The van der Waals surface area contributed by atoms with Crippen LogP contribution in [-0.4, -0.2) is 23.9 Å². The van der Waals surface area contributed by atoms with Crippen LogP contribution in [0.15, 0.2) is 36.4 Å². The molecular weight excluding hydrogens is 477 g/mol. The summed E-state index contributed by atoms with van der Waals surface area (Å²) in [5, 5.41) is 43.9. The normalized spacial score (nSPS) is 8.71. The number of carbonyl (C=O) groups is 4. The Morgan fingerprint density at radius 1 is 0.429 bits per heavy atom. The second-order valence-electron chi connectivity index (χ2n) is 4.75.